The SMILES string of the molecule is Cc1ccc(C(=O)Oc2c(Cl)cc(Cl)cc2Br)cc1I. The summed E-state index contributed by atoms with van der Waals surface area (Å²) in [5.74, 6) is -0.204. The van der Waals surface area contributed by atoms with Gasteiger partial charge in [-0.1, -0.05) is 29.3 Å². The Balaban J connectivity index is 2.30. The number of aryl methyl sites for hydroxylation is 1. The van der Waals surface area contributed by atoms with Crippen LogP contribution in [0, 0.1) is 10.5 Å². The Morgan fingerprint density at radius 2 is 1.95 bits per heavy atom. The Morgan fingerprint density at radius 3 is 2.55 bits per heavy atom. The third kappa shape index (κ3) is 3.67. The fourth-order valence-corrected chi connectivity index (χ4v) is 3.33. The van der Waals surface area contributed by atoms with E-state index in [2.05, 4.69) is 38.5 Å². The molecule has 0 bridgehead atoms. The first kappa shape index (κ1) is 16.1. The molecule has 0 aliphatic rings. The Bertz CT molecular complexity index is 666. The van der Waals surface area contributed by atoms with Gasteiger partial charge >= 0.3 is 5.97 Å². The van der Waals surface area contributed by atoms with Crippen LogP contribution in [0.5, 0.6) is 5.75 Å². The van der Waals surface area contributed by atoms with E-state index in [4.69, 9.17) is 27.9 Å². The number of hydrogen-bond donors (Lipinski definition) is 0. The van der Waals surface area contributed by atoms with Gasteiger partial charge in [-0.25, -0.2) is 4.79 Å². The van der Waals surface area contributed by atoms with Crippen LogP contribution >= 0.6 is 61.7 Å². The van der Waals surface area contributed by atoms with Gasteiger partial charge in [0.1, 0.15) is 0 Å². The normalized spacial score (nSPS) is 10.4. The summed E-state index contributed by atoms with van der Waals surface area (Å²) >= 11 is 17.3. The molecule has 0 saturated heterocycles. The molecule has 2 rings (SSSR count). The van der Waals surface area contributed by atoms with Crippen LogP contribution in [0.25, 0.3) is 0 Å². The first-order chi connectivity index (χ1) is 9.38. The van der Waals surface area contributed by atoms with E-state index in [1.807, 2.05) is 13.0 Å². The summed E-state index contributed by atoms with van der Waals surface area (Å²) in [6.07, 6.45) is 0. The highest BCUT2D eigenvalue weighted by Gasteiger charge is 2.15. The van der Waals surface area contributed by atoms with Gasteiger partial charge in [0.25, 0.3) is 0 Å². The average Bonchev–Trinajstić information content (AvgIpc) is 2.36. The third-order valence-electron chi connectivity index (χ3n) is 2.57. The van der Waals surface area contributed by atoms with Gasteiger partial charge in [0.15, 0.2) is 5.75 Å². The molecule has 20 heavy (non-hydrogen) atoms. The Hall–Kier alpha value is -0.300. The van der Waals surface area contributed by atoms with Crippen LogP contribution in [0.4, 0.5) is 0 Å². The lowest BCUT2D eigenvalue weighted by molar-refractivity contribution is 0.0733. The molecule has 0 aliphatic heterocycles. The molecule has 0 aliphatic carbocycles. The molecule has 0 radical (unpaired) electrons. The van der Waals surface area contributed by atoms with Gasteiger partial charge in [0.2, 0.25) is 0 Å². The molecule has 2 nitrogen and oxygen atoms in total. The van der Waals surface area contributed by atoms with Crippen molar-refractivity contribution in [3.8, 4) is 5.75 Å². The molecule has 6 heteroatoms. The zero-order chi connectivity index (χ0) is 14.9. The largest absolute Gasteiger partial charge is 0.420 e. The van der Waals surface area contributed by atoms with Crippen LogP contribution in [0.1, 0.15) is 15.9 Å². The summed E-state index contributed by atoms with van der Waals surface area (Å²) in [4.78, 5) is 12.1. The third-order valence-corrected chi connectivity index (χ3v) is 4.82. The Kier molecular flexibility index (Phi) is 5.34. The maximum absolute atomic E-state index is 12.1. The molecule has 0 aromatic heterocycles. The number of halogens is 4. The molecule has 0 saturated carbocycles. The van der Waals surface area contributed by atoms with Gasteiger partial charge in [-0.2, -0.15) is 0 Å². The summed E-state index contributed by atoms with van der Waals surface area (Å²) in [7, 11) is 0. The van der Waals surface area contributed by atoms with Crippen molar-refractivity contribution in [2.24, 2.45) is 0 Å². The zero-order valence-corrected chi connectivity index (χ0v) is 15.5. The molecule has 2 aromatic carbocycles. The molecular formula is C14H8BrCl2IO2. The monoisotopic (exact) mass is 484 g/mol. The fourth-order valence-electron chi connectivity index (χ4n) is 1.50. The summed E-state index contributed by atoms with van der Waals surface area (Å²) in [5, 5.41) is 0.742. The van der Waals surface area contributed by atoms with Crippen molar-refractivity contribution in [2.45, 2.75) is 6.92 Å². The van der Waals surface area contributed by atoms with Crippen LogP contribution < -0.4 is 4.74 Å². The van der Waals surface area contributed by atoms with Gasteiger partial charge in [-0.15, -0.1) is 0 Å². The maximum Gasteiger partial charge on any atom is 0.343 e. The van der Waals surface area contributed by atoms with E-state index in [-0.39, 0.29) is 10.8 Å². The van der Waals surface area contributed by atoms with Crippen molar-refractivity contribution in [3.63, 3.8) is 0 Å². The molecule has 0 spiro atoms. The lowest BCUT2D eigenvalue weighted by Crippen LogP contribution is -2.09. The minimum absolute atomic E-state index is 0.261. The lowest BCUT2D eigenvalue weighted by atomic mass is 10.1. The maximum atomic E-state index is 12.1. The molecule has 0 atom stereocenters. The quantitative estimate of drug-likeness (QED) is 0.301. The number of esters is 1. The predicted molar refractivity (Wildman–Crippen MR) is 93.0 cm³/mol. The summed E-state index contributed by atoms with van der Waals surface area (Å²) in [5.41, 5.74) is 1.57. The van der Waals surface area contributed by atoms with E-state index in [1.165, 1.54) is 6.07 Å². The van der Waals surface area contributed by atoms with Gasteiger partial charge in [-0.05, 0) is 75.3 Å². The first-order valence-electron chi connectivity index (χ1n) is 5.51. The minimum atomic E-state index is -0.465. The number of ether oxygens (including phenoxy) is 1. The standard InChI is InChI=1S/C14H8BrCl2IO2/c1-7-2-3-8(4-12(7)18)14(19)20-13-10(15)5-9(16)6-11(13)17/h2-6H,1H3. The number of carbonyl (C=O) groups is 1. The van der Waals surface area contributed by atoms with E-state index in [1.54, 1.807) is 18.2 Å². The average molecular weight is 486 g/mol. The van der Waals surface area contributed by atoms with Crippen molar-refractivity contribution in [1.82, 2.24) is 0 Å². The second kappa shape index (κ2) is 6.64. The Labute approximate surface area is 148 Å². The van der Waals surface area contributed by atoms with Crippen LogP contribution in [0.2, 0.25) is 10.0 Å². The van der Waals surface area contributed by atoms with Crippen LogP contribution in [-0.4, -0.2) is 5.97 Å². The summed E-state index contributed by atoms with van der Waals surface area (Å²) in [6.45, 7) is 1.98. The molecule has 0 fully saturated rings. The predicted octanol–water partition coefficient (Wildman–Crippen LogP) is 5.89. The molecule has 0 unspecified atom stereocenters. The van der Waals surface area contributed by atoms with E-state index < -0.39 is 5.97 Å². The highest BCUT2D eigenvalue weighted by Crippen LogP contribution is 2.36. The van der Waals surface area contributed by atoms with Crippen molar-refractivity contribution in [1.29, 1.82) is 0 Å². The second-order valence-corrected chi connectivity index (χ2v) is 6.91. The van der Waals surface area contributed by atoms with Gasteiger partial charge in [-0.3, -0.25) is 0 Å². The molecule has 0 amide bonds. The topological polar surface area (TPSA) is 26.3 Å². The zero-order valence-electron chi connectivity index (χ0n) is 10.2. The number of benzene rings is 2. The van der Waals surface area contributed by atoms with Gasteiger partial charge in [0.05, 0.1) is 15.1 Å². The molecular weight excluding hydrogens is 478 g/mol. The molecule has 2 aromatic rings. The van der Waals surface area contributed by atoms with E-state index in [0.717, 1.165) is 9.13 Å². The van der Waals surface area contributed by atoms with Gasteiger partial charge in [0, 0.05) is 8.59 Å². The second-order valence-electron chi connectivity index (χ2n) is 4.05. The van der Waals surface area contributed by atoms with Crippen LogP contribution in [-0.2, 0) is 0 Å². The van der Waals surface area contributed by atoms with Gasteiger partial charge < -0.3 is 4.74 Å². The number of rotatable bonds is 2. The van der Waals surface area contributed by atoms with Crippen molar-refractivity contribution in [3.05, 3.63) is 59.5 Å². The van der Waals surface area contributed by atoms with Crippen molar-refractivity contribution < 1.29 is 9.53 Å². The van der Waals surface area contributed by atoms with E-state index in [0.29, 0.717) is 15.1 Å². The van der Waals surface area contributed by atoms with Crippen molar-refractivity contribution >= 4 is 67.7 Å². The molecule has 0 heterocycles. The fraction of sp³-hybridized carbons (Fsp3) is 0.0714. The van der Waals surface area contributed by atoms with Crippen LogP contribution in [0.15, 0.2) is 34.8 Å². The number of carbonyl (C=O) groups excluding carboxylic acids is 1. The molecule has 0 N–H and O–H groups in total. The minimum Gasteiger partial charge on any atom is -0.420 e. The summed E-state index contributed by atoms with van der Waals surface area (Å²) < 4.78 is 6.86. The highest BCUT2D eigenvalue weighted by molar-refractivity contribution is 14.1. The van der Waals surface area contributed by atoms with E-state index >= 15 is 0 Å². The Morgan fingerprint density at radius 1 is 1.25 bits per heavy atom. The lowest BCUT2D eigenvalue weighted by Gasteiger charge is -2.09. The highest BCUT2D eigenvalue weighted by atomic mass is 127. The van der Waals surface area contributed by atoms with Crippen molar-refractivity contribution in [2.75, 3.05) is 0 Å². The smallest absolute Gasteiger partial charge is 0.343 e. The van der Waals surface area contributed by atoms with Crippen LogP contribution in [0.3, 0.4) is 0 Å². The summed E-state index contributed by atoms with van der Waals surface area (Å²) in [6, 6.07) is 8.51. The number of hydrogen-bond acceptors (Lipinski definition) is 2. The van der Waals surface area contributed by atoms with E-state index in [9.17, 15) is 4.79 Å². The first-order valence-corrected chi connectivity index (χ1v) is 8.14. The molecule has 104 valence electrons.